The molecule has 3 unspecified atom stereocenters. The molecule has 3 atom stereocenters. The lowest BCUT2D eigenvalue weighted by Gasteiger charge is -2.34. The molecule has 0 heterocycles. The van der Waals surface area contributed by atoms with Crippen LogP contribution in [0, 0.1) is 17.8 Å². The number of rotatable bonds is 11. The van der Waals surface area contributed by atoms with E-state index in [0.717, 1.165) is 24.7 Å². The number of nitrogens with one attached hydrogen (secondary N) is 1. The molecule has 1 aliphatic rings. The van der Waals surface area contributed by atoms with Gasteiger partial charge in [-0.3, -0.25) is 4.79 Å². The lowest BCUT2D eigenvalue weighted by Crippen LogP contribution is -2.43. The van der Waals surface area contributed by atoms with Gasteiger partial charge in [-0.2, -0.15) is 0 Å². The zero-order valence-electron chi connectivity index (χ0n) is 16.2. The van der Waals surface area contributed by atoms with Crippen LogP contribution in [0.15, 0.2) is 0 Å². The van der Waals surface area contributed by atoms with E-state index in [1.807, 2.05) is 0 Å². The van der Waals surface area contributed by atoms with E-state index < -0.39 is 0 Å². The van der Waals surface area contributed by atoms with Gasteiger partial charge in [-0.05, 0) is 30.6 Å². The molecule has 0 aromatic rings. The van der Waals surface area contributed by atoms with Crippen LogP contribution in [-0.2, 0) is 4.79 Å². The smallest absolute Gasteiger partial charge is 0.220 e. The first kappa shape index (κ1) is 20.5. The van der Waals surface area contributed by atoms with E-state index in [4.69, 9.17) is 0 Å². The van der Waals surface area contributed by atoms with Crippen molar-refractivity contribution < 1.29 is 4.79 Å². The minimum atomic E-state index is 0.285. The van der Waals surface area contributed by atoms with Gasteiger partial charge in [-0.1, -0.05) is 85.5 Å². The molecule has 1 saturated carbocycles. The largest absolute Gasteiger partial charge is 0.353 e. The SMILES string of the molecule is CC(C)CCCCCCCCCC(=O)NC1CCCC(C)C1C. The maximum Gasteiger partial charge on any atom is 0.220 e. The molecule has 0 aromatic heterocycles. The monoisotopic (exact) mass is 323 g/mol. The topological polar surface area (TPSA) is 29.1 Å². The Morgan fingerprint density at radius 2 is 1.57 bits per heavy atom. The maximum atomic E-state index is 12.1. The summed E-state index contributed by atoms with van der Waals surface area (Å²) in [6.07, 6.45) is 14.9. The number of hydrogen-bond donors (Lipinski definition) is 1. The highest BCUT2D eigenvalue weighted by Gasteiger charge is 2.27. The van der Waals surface area contributed by atoms with Crippen LogP contribution in [0.2, 0.25) is 0 Å². The third-order valence-corrected chi connectivity index (χ3v) is 5.74. The number of hydrogen-bond acceptors (Lipinski definition) is 1. The lowest BCUT2D eigenvalue weighted by molar-refractivity contribution is -0.122. The summed E-state index contributed by atoms with van der Waals surface area (Å²) in [5, 5.41) is 3.29. The Labute approximate surface area is 145 Å². The Kier molecular flexibility index (Phi) is 10.6. The van der Waals surface area contributed by atoms with Crippen LogP contribution in [0.1, 0.15) is 105 Å². The van der Waals surface area contributed by atoms with Gasteiger partial charge in [0.25, 0.3) is 0 Å². The van der Waals surface area contributed by atoms with Gasteiger partial charge in [0.1, 0.15) is 0 Å². The molecule has 2 nitrogen and oxygen atoms in total. The molecule has 0 radical (unpaired) electrons. The van der Waals surface area contributed by atoms with Crippen molar-refractivity contribution in [1.82, 2.24) is 5.32 Å². The van der Waals surface area contributed by atoms with Gasteiger partial charge in [-0.15, -0.1) is 0 Å². The first-order valence-corrected chi connectivity index (χ1v) is 10.3. The number of carbonyl (C=O) groups excluding carboxylic acids is 1. The molecule has 1 aliphatic carbocycles. The van der Waals surface area contributed by atoms with Crippen LogP contribution < -0.4 is 5.32 Å². The van der Waals surface area contributed by atoms with Crippen LogP contribution in [-0.4, -0.2) is 11.9 Å². The highest BCUT2D eigenvalue weighted by atomic mass is 16.1. The van der Waals surface area contributed by atoms with E-state index in [0.29, 0.717) is 12.0 Å². The fraction of sp³-hybridized carbons (Fsp3) is 0.952. The molecule has 2 heteroatoms. The summed E-state index contributed by atoms with van der Waals surface area (Å²) < 4.78 is 0. The predicted molar refractivity (Wildman–Crippen MR) is 101 cm³/mol. The summed E-state index contributed by atoms with van der Waals surface area (Å²) in [6, 6.07) is 0.423. The summed E-state index contributed by atoms with van der Waals surface area (Å²) in [6.45, 7) is 9.23. The van der Waals surface area contributed by atoms with Crippen LogP contribution in [0.5, 0.6) is 0 Å². The van der Waals surface area contributed by atoms with Crippen LogP contribution in [0.3, 0.4) is 0 Å². The summed E-state index contributed by atoms with van der Waals surface area (Å²) in [5.74, 6) is 2.53. The van der Waals surface area contributed by atoms with Crippen molar-refractivity contribution >= 4 is 5.91 Å². The van der Waals surface area contributed by atoms with Crippen molar-refractivity contribution in [2.45, 2.75) is 111 Å². The van der Waals surface area contributed by atoms with Gasteiger partial charge in [0.05, 0.1) is 0 Å². The van der Waals surface area contributed by atoms with E-state index >= 15 is 0 Å². The zero-order valence-corrected chi connectivity index (χ0v) is 16.2. The molecule has 0 aromatic carbocycles. The summed E-state index contributed by atoms with van der Waals surface area (Å²) in [4.78, 5) is 12.1. The second kappa shape index (κ2) is 11.9. The molecular weight excluding hydrogens is 282 g/mol. The van der Waals surface area contributed by atoms with E-state index in [9.17, 15) is 4.79 Å². The van der Waals surface area contributed by atoms with Crippen molar-refractivity contribution in [2.24, 2.45) is 17.8 Å². The Morgan fingerprint density at radius 3 is 2.22 bits per heavy atom. The van der Waals surface area contributed by atoms with Crippen molar-refractivity contribution in [1.29, 1.82) is 0 Å². The molecule has 136 valence electrons. The van der Waals surface area contributed by atoms with E-state index in [-0.39, 0.29) is 5.91 Å². The number of unbranched alkanes of at least 4 members (excludes halogenated alkanes) is 6. The van der Waals surface area contributed by atoms with Crippen molar-refractivity contribution in [2.75, 3.05) is 0 Å². The Morgan fingerprint density at radius 1 is 0.957 bits per heavy atom. The minimum absolute atomic E-state index is 0.285. The van der Waals surface area contributed by atoms with Crippen LogP contribution >= 0.6 is 0 Å². The number of amides is 1. The first-order chi connectivity index (χ1) is 11.0. The second-order valence-corrected chi connectivity index (χ2v) is 8.35. The fourth-order valence-electron chi connectivity index (χ4n) is 3.79. The first-order valence-electron chi connectivity index (χ1n) is 10.3. The van der Waals surface area contributed by atoms with Crippen molar-refractivity contribution in [3.63, 3.8) is 0 Å². The third-order valence-electron chi connectivity index (χ3n) is 5.74. The summed E-state index contributed by atoms with van der Waals surface area (Å²) >= 11 is 0. The van der Waals surface area contributed by atoms with Crippen LogP contribution in [0.4, 0.5) is 0 Å². The summed E-state index contributed by atoms with van der Waals surface area (Å²) in [5.41, 5.74) is 0. The molecule has 23 heavy (non-hydrogen) atoms. The van der Waals surface area contributed by atoms with E-state index in [1.165, 1.54) is 64.2 Å². The molecule has 0 spiro atoms. The van der Waals surface area contributed by atoms with Gasteiger partial charge in [0.15, 0.2) is 0 Å². The minimum Gasteiger partial charge on any atom is -0.353 e. The van der Waals surface area contributed by atoms with E-state index in [2.05, 4.69) is 33.0 Å². The summed E-state index contributed by atoms with van der Waals surface area (Å²) in [7, 11) is 0. The van der Waals surface area contributed by atoms with Gasteiger partial charge < -0.3 is 5.32 Å². The van der Waals surface area contributed by atoms with Gasteiger partial charge in [0, 0.05) is 12.5 Å². The van der Waals surface area contributed by atoms with Crippen LogP contribution in [0.25, 0.3) is 0 Å². The molecule has 0 saturated heterocycles. The van der Waals surface area contributed by atoms with Gasteiger partial charge >= 0.3 is 0 Å². The molecule has 1 amide bonds. The molecule has 0 aliphatic heterocycles. The molecule has 1 fully saturated rings. The standard InChI is InChI=1S/C21H41NO/c1-17(2)13-10-8-6-5-7-9-11-16-21(23)22-20-15-12-14-18(3)19(20)4/h17-20H,5-16H2,1-4H3,(H,22,23). The maximum absolute atomic E-state index is 12.1. The molecule has 1 rings (SSSR count). The normalized spacial score (nSPS) is 24.8. The molecular formula is C21H41NO. The Balaban J connectivity index is 1.96. The number of carbonyl (C=O) groups is 1. The predicted octanol–water partition coefficient (Wildman–Crippen LogP) is 6.09. The van der Waals surface area contributed by atoms with Gasteiger partial charge in [-0.25, -0.2) is 0 Å². The lowest BCUT2D eigenvalue weighted by atomic mass is 9.78. The fourth-order valence-corrected chi connectivity index (χ4v) is 3.79. The van der Waals surface area contributed by atoms with Gasteiger partial charge in [0.2, 0.25) is 5.91 Å². The average molecular weight is 324 g/mol. The zero-order chi connectivity index (χ0) is 17.1. The van der Waals surface area contributed by atoms with Crippen molar-refractivity contribution in [3.8, 4) is 0 Å². The van der Waals surface area contributed by atoms with E-state index in [1.54, 1.807) is 0 Å². The second-order valence-electron chi connectivity index (χ2n) is 8.35. The average Bonchev–Trinajstić information content (AvgIpc) is 2.50. The highest BCUT2D eigenvalue weighted by Crippen LogP contribution is 2.29. The third kappa shape index (κ3) is 9.37. The Bertz CT molecular complexity index is 313. The Hall–Kier alpha value is -0.530. The quantitative estimate of drug-likeness (QED) is 0.458. The molecule has 1 N–H and O–H groups in total. The van der Waals surface area contributed by atoms with Crippen molar-refractivity contribution in [3.05, 3.63) is 0 Å². The highest BCUT2D eigenvalue weighted by molar-refractivity contribution is 5.76. The molecule has 0 bridgehead atoms.